The Kier molecular flexibility index (Phi) is 9.78. The number of benzene rings is 9. The molecule has 0 atom stereocenters. The molecular formula is C54H35LiN5O+. The molecule has 3 heterocycles. The van der Waals surface area contributed by atoms with Crippen LogP contribution in [0.3, 0.4) is 0 Å². The zero-order chi connectivity index (χ0) is 40.0. The third-order valence-electron chi connectivity index (χ3n) is 11.4. The van der Waals surface area contributed by atoms with Crippen molar-refractivity contribution in [1.82, 2.24) is 20.0 Å². The van der Waals surface area contributed by atoms with Gasteiger partial charge in [0.05, 0.1) is 5.69 Å². The Labute approximate surface area is 363 Å². The number of rotatable bonds is 4. The van der Waals surface area contributed by atoms with Gasteiger partial charge < -0.3 is 5.11 Å². The maximum absolute atomic E-state index is 11.1. The molecule has 0 bridgehead atoms. The Hall–Kier alpha value is -7.62. The number of hydrogen-bond donors (Lipinski definition) is 0. The summed E-state index contributed by atoms with van der Waals surface area (Å²) in [5.74, 6) is 0.0445. The van der Waals surface area contributed by atoms with Gasteiger partial charge in [0, 0.05) is 29.4 Å². The fraction of sp³-hybridized carbons (Fsp3) is 0. The van der Waals surface area contributed by atoms with Crippen LogP contribution in [0.4, 0.5) is 0 Å². The second kappa shape index (κ2) is 15.9. The molecule has 282 valence electrons. The summed E-state index contributed by atoms with van der Waals surface area (Å²) >= 11 is 0. The zero-order valence-corrected chi connectivity index (χ0v) is 33.3. The van der Waals surface area contributed by atoms with Gasteiger partial charge in [-0.15, -0.1) is 10.2 Å². The average Bonchev–Trinajstić information content (AvgIpc) is 3.76. The van der Waals surface area contributed by atoms with Crippen LogP contribution in [-0.2, 0) is 0 Å². The fourth-order valence-electron chi connectivity index (χ4n) is 8.51. The molecular weight excluding hydrogens is 742 g/mol. The van der Waals surface area contributed by atoms with Crippen LogP contribution in [0.5, 0.6) is 5.75 Å². The SMILES string of the molecule is [Li+].[O-]c1cccc2ccc[nH+]c12.c1cncc(-c2ccc(-n3nc4cc(-c5cc6ccccc6c6ccccc56)cc(-c5cc6ccccc6c6ccccc56)c4n3)cc2)c1. The van der Waals surface area contributed by atoms with Crippen molar-refractivity contribution >= 4 is 65.0 Å². The van der Waals surface area contributed by atoms with E-state index in [9.17, 15) is 5.11 Å². The first-order chi connectivity index (χ1) is 29.7. The summed E-state index contributed by atoms with van der Waals surface area (Å²) in [6, 6.07) is 65.2. The molecule has 0 saturated carbocycles. The Bertz CT molecular complexity index is 3560. The monoisotopic (exact) mass is 776 g/mol. The normalized spacial score (nSPS) is 11.2. The van der Waals surface area contributed by atoms with Gasteiger partial charge in [-0.2, -0.15) is 4.80 Å². The standard InChI is InChI=1S/C45H28N4.C9H7NO.Li/c1-3-13-35-30(10-1)24-41(39-17-7-5-15-37(35)39)33-26-43(42-25-31-11-2-4-14-36(31)38-16-6-8-18-40(38)42)45-44(27-33)47-49(48-45)34-21-19-29(20-22-34)32-12-9-23-46-28-32;11-8-5-1-3-7-4-2-6-10-9(7)8;/h1-28H;1-6,11H;/q;;+1. The van der Waals surface area contributed by atoms with E-state index >= 15 is 0 Å². The van der Waals surface area contributed by atoms with Crippen molar-refractivity contribution in [3.63, 3.8) is 0 Å². The minimum absolute atomic E-state index is 0. The van der Waals surface area contributed by atoms with Crippen LogP contribution in [0.25, 0.3) is 104 Å². The van der Waals surface area contributed by atoms with Gasteiger partial charge in [-0.1, -0.05) is 127 Å². The molecule has 1 N–H and O–H groups in total. The molecule has 12 rings (SSSR count). The van der Waals surface area contributed by atoms with Crippen molar-refractivity contribution in [2.45, 2.75) is 0 Å². The molecule has 12 aromatic rings. The van der Waals surface area contributed by atoms with E-state index in [0.29, 0.717) is 5.52 Å². The van der Waals surface area contributed by atoms with Gasteiger partial charge >= 0.3 is 18.9 Å². The Morgan fingerprint density at radius 1 is 0.443 bits per heavy atom. The van der Waals surface area contributed by atoms with Gasteiger partial charge in [0.1, 0.15) is 11.0 Å². The molecule has 7 heteroatoms. The molecule has 0 saturated heterocycles. The first-order valence-corrected chi connectivity index (χ1v) is 20.0. The summed E-state index contributed by atoms with van der Waals surface area (Å²) in [6.45, 7) is 0. The second-order valence-corrected chi connectivity index (χ2v) is 14.9. The van der Waals surface area contributed by atoms with Gasteiger partial charge in [-0.05, 0) is 131 Å². The number of aromatic nitrogens is 5. The smallest absolute Gasteiger partial charge is 0.868 e. The number of pyridine rings is 2. The minimum atomic E-state index is 0. The van der Waals surface area contributed by atoms with Gasteiger partial charge in [-0.3, -0.25) is 4.98 Å². The molecule has 9 aromatic carbocycles. The largest absolute Gasteiger partial charge is 1.00 e. The van der Waals surface area contributed by atoms with Gasteiger partial charge in [0.2, 0.25) is 5.52 Å². The predicted molar refractivity (Wildman–Crippen MR) is 243 cm³/mol. The van der Waals surface area contributed by atoms with Crippen LogP contribution < -0.4 is 29.0 Å². The van der Waals surface area contributed by atoms with Crippen LogP contribution in [0.1, 0.15) is 0 Å². The fourth-order valence-corrected chi connectivity index (χ4v) is 8.51. The summed E-state index contributed by atoms with van der Waals surface area (Å²) in [5, 5.41) is 32.2. The summed E-state index contributed by atoms with van der Waals surface area (Å²) in [4.78, 5) is 8.97. The van der Waals surface area contributed by atoms with Crippen molar-refractivity contribution < 1.29 is 29.0 Å². The molecule has 0 spiro atoms. The predicted octanol–water partition coefficient (Wildman–Crippen LogP) is 9.16. The molecule has 0 fully saturated rings. The Morgan fingerprint density at radius 2 is 1.05 bits per heavy atom. The minimum Gasteiger partial charge on any atom is -0.868 e. The molecule has 0 radical (unpaired) electrons. The number of aromatic amines is 1. The molecule has 3 aromatic heterocycles. The van der Waals surface area contributed by atoms with Crippen LogP contribution in [-0.4, -0.2) is 20.0 Å². The second-order valence-electron chi connectivity index (χ2n) is 14.9. The van der Waals surface area contributed by atoms with Crippen molar-refractivity contribution in [1.29, 1.82) is 0 Å². The quantitative estimate of drug-likeness (QED) is 0.132. The number of hydrogen-bond acceptors (Lipinski definition) is 4. The van der Waals surface area contributed by atoms with Crippen molar-refractivity contribution in [2.75, 3.05) is 0 Å². The summed E-state index contributed by atoms with van der Waals surface area (Å²) in [5.41, 5.74) is 9.95. The van der Waals surface area contributed by atoms with Crippen molar-refractivity contribution in [2.24, 2.45) is 0 Å². The maximum atomic E-state index is 11.1. The van der Waals surface area contributed by atoms with E-state index in [-0.39, 0.29) is 24.6 Å². The summed E-state index contributed by atoms with van der Waals surface area (Å²) in [7, 11) is 0. The Morgan fingerprint density at radius 3 is 1.72 bits per heavy atom. The maximum Gasteiger partial charge on any atom is 1.00 e. The third kappa shape index (κ3) is 6.84. The molecule has 6 nitrogen and oxygen atoms in total. The summed E-state index contributed by atoms with van der Waals surface area (Å²) in [6.07, 6.45) is 5.43. The molecule has 0 aliphatic carbocycles. The van der Waals surface area contributed by atoms with E-state index in [1.807, 2.05) is 30.5 Å². The van der Waals surface area contributed by atoms with E-state index in [1.165, 1.54) is 48.7 Å². The van der Waals surface area contributed by atoms with Gasteiger partial charge in [0.25, 0.3) is 0 Å². The molecule has 0 aliphatic heterocycles. The number of nitrogens with zero attached hydrogens (tertiary/aromatic N) is 4. The molecule has 61 heavy (non-hydrogen) atoms. The number of para-hydroxylation sites is 1. The van der Waals surface area contributed by atoms with E-state index in [1.54, 1.807) is 29.3 Å². The van der Waals surface area contributed by atoms with E-state index in [4.69, 9.17) is 10.2 Å². The van der Waals surface area contributed by atoms with Crippen molar-refractivity contribution in [3.05, 3.63) is 207 Å². The Balaban J connectivity index is 0.000000323. The van der Waals surface area contributed by atoms with Gasteiger partial charge in [0.15, 0.2) is 6.20 Å². The zero-order valence-electron chi connectivity index (χ0n) is 33.3. The van der Waals surface area contributed by atoms with E-state index < -0.39 is 0 Å². The molecule has 0 unspecified atom stereocenters. The van der Waals surface area contributed by atoms with E-state index in [0.717, 1.165) is 49.9 Å². The van der Waals surface area contributed by atoms with Crippen LogP contribution in [0, 0.1) is 0 Å². The molecule has 0 amide bonds. The molecule has 0 aliphatic rings. The summed E-state index contributed by atoms with van der Waals surface area (Å²) < 4.78 is 0. The van der Waals surface area contributed by atoms with E-state index in [2.05, 4.69) is 162 Å². The first kappa shape index (κ1) is 37.6. The average molecular weight is 777 g/mol. The first-order valence-electron chi connectivity index (χ1n) is 20.0. The van der Waals surface area contributed by atoms with Gasteiger partial charge in [-0.25, -0.2) is 4.98 Å². The number of fused-ring (bicyclic) bond motifs is 8. The van der Waals surface area contributed by atoms with Crippen molar-refractivity contribution in [3.8, 4) is 44.8 Å². The number of nitrogens with one attached hydrogen (secondary N) is 1. The van der Waals surface area contributed by atoms with Crippen LogP contribution in [0.15, 0.2) is 207 Å². The van der Waals surface area contributed by atoms with Crippen LogP contribution >= 0.6 is 0 Å². The van der Waals surface area contributed by atoms with Crippen LogP contribution in [0.2, 0.25) is 0 Å². The third-order valence-corrected chi connectivity index (χ3v) is 11.4. The number of H-pyrrole nitrogens is 1. The topological polar surface area (TPSA) is 80.8 Å².